The van der Waals surface area contributed by atoms with E-state index < -0.39 is 0 Å². The second-order valence-corrected chi connectivity index (χ2v) is 8.54. The third-order valence-corrected chi connectivity index (χ3v) is 6.41. The number of primary amides is 1. The SMILES string of the molecule is Cc1sc2ncn(CC(=O)N3CCC[C@H](C(N)=O)C3)c(=O)c2c1-c1ccccc1. The molecule has 0 bridgehead atoms. The van der Waals surface area contributed by atoms with E-state index in [4.69, 9.17) is 5.73 Å². The molecular weight excluding hydrogens is 388 g/mol. The molecule has 29 heavy (non-hydrogen) atoms. The monoisotopic (exact) mass is 410 g/mol. The lowest BCUT2D eigenvalue weighted by Crippen LogP contribution is -2.45. The first-order chi connectivity index (χ1) is 14.0. The van der Waals surface area contributed by atoms with Gasteiger partial charge >= 0.3 is 0 Å². The molecule has 0 saturated carbocycles. The first-order valence-corrected chi connectivity index (χ1v) is 10.4. The zero-order chi connectivity index (χ0) is 20.5. The number of rotatable bonds is 4. The van der Waals surface area contributed by atoms with Crippen molar-refractivity contribution in [2.75, 3.05) is 13.1 Å². The molecule has 150 valence electrons. The van der Waals surface area contributed by atoms with Crippen molar-refractivity contribution in [3.63, 3.8) is 0 Å². The number of amides is 2. The number of hydrogen-bond donors (Lipinski definition) is 1. The average molecular weight is 410 g/mol. The number of carbonyl (C=O) groups excluding carboxylic acids is 2. The number of thiophene rings is 1. The van der Waals surface area contributed by atoms with E-state index in [1.165, 1.54) is 22.2 Å². The van der Waals surface area contributed by atoms with Crippen molar-refractivity contribution >= 4 is 33.4 Å². The van der Waals surface area contributed by atoms with E-state index in [1.54, 1.807) is 4.90 Å². The predicted molar refractivity (Wildman–Crippen MR) is 113 cm³/mol. The molecule has 0 unspecified atom stereocenters. The third kappa shape index (κ3) is 3.67. The topological polar surface area (TPSA) is 98.3 Å². The summed E-state index contributed by atoms with van der Waals surface area (Å²) < 4.78 is 1.36. The van der Waals surface area contributed by atoms with Gasteiger partial charge in [-0.05, 0) is 25.3 Å². The van der Waals surface area contributed by atoms with Gasteiger partial charge < -0.3 is 10.6 Å². The zero-order valence-corrected chi connectivity index (χ0v) is 16.9. The van der Waals surface area contributed by atoms with Crippen LogP contribution in [0.5, 0.6) is 0 Å². The summed E-state index contributed by atoms with van der Waals surface area (Å²) in [5, 5.41) is 0.544. The Hall–Kier alpha value is -3.00. The number of hydrogen-bond acceptors (Lipinski definition) is 5. The molecule has 2 N–H and O–H groups in total. The minimum Gasteiger partial charge on any atom is -0.369 e. The third-order valence-electron chi connectivity index (χ3n) is 5.40. The standard InChI is InChI=1S/C21H22N4O3S/c1-13-17(14-6-3-2-4-7-14)18-20(29-13)23-12-25(21(18)28)11-16(26)24-9-5-8-15(10-24)19(22)27/h2-4,6-7,12,15H,5,8-11H2,1H3,(H2,22,27)/t15-/m0/s1. The minimum absolute atomic E-state index is 0.101. The number of aryl methyl sites for hydroxylation is 1. The zero-order valence-electron chi connectivity index (χ0n) is 16.1. The van der Waals surface area contributed by atoms with E-state index in [0.717, 1.165) is 22.4 Å². The first kappa shape index (κ1) is 19.3. The van der Waals surface area contributed by atoms with E-state index in [2.05, 4.69) is 4.98 Å². The van der Waals surface area contributed by atoms with Crippen LogP contribution in [0.15, 0.2) is 41.5 Å². The average Bonchev–Trinajstić information content (AvgIpc) is 3.07. The van der Waals surface area contributed by atoms with Crippen molar-refractivity contribution in [3.05, 3.63) is 51.9 Å². The summed E-state index contributed by atoms with van der Waals surface area (Å²) in [4.78, 5) is 45.2. The van der Waals surface area contributed by atoms with Crippen molar-refractivity contribution in [2.45, 2.75) is 26.3 Å². The second kappa shape index (κ2) is 7.79. The van der Waals surface area contributed by atoms with Crippen LogP contribution in [0.4, 0.5) is 0 Å². The highest BCUT2D eigenvalue weighted by Gasteiger charge is 2.27. The lowest BCUT2D eigenvalue weighted by molar-refractivity contribution is -0.135. The van der Waals surface area contributed by atoms with Gasteiger partial charge in [0.25, 0.3) is 5.56 Å². The van der Waals surface area contributed by atoms with Gasteiger partial charge in [-0.3, -0.25) is 19.0 Å². The van der Waals surface area contributed by atoms with Gasteiger partial charge in [0.1, 0.15) is 11.4 Å². The first-order valence-electron chi connectivity index (χ1n) is 9.56. The van der Waals surface area contributed by atoms with Crippen molar-refractivity contribution in [2.24, 2.45) is 11.7 Å². The van der Waals surface area contributed by atoms with Gasteiger partial charge in [-0.2, -0.15) is 0 Å². The lowest BCUT2D eigenvalue weighted by Gasteiger charge is -2.31. The van der Waals surface area contributed by atoms with E-state index in [0.29, 0.717) is 29.7 Å². The Morgan fingerprint density at radius 1 is 1.28 bits per heavy atom. The fourth-order valence-corrected chi connectivity index (χ4v) is 4.89. The van der Waals surface area contributed by atoms with Gasteiger partial charge in [0.2, 0.25) is 11.8 Å². The number of likely N-dealkylation sites (tertiary alicyclic amines) is 1. The molecule has 1 aromatic carbocycles. The minimum atomic E-state index is -0.385. The number of nitrogens with zero attached hydrogens (tertiary/aromatic N) is 3. The summed E-state index contributed by atoms with van der Waals surface area (Å²) in [6.07, 6.45) is 2.86. The Labute approximate surface area is 171 Å². The van der Waals surface area contributed by atoms with Crippen LogP contribution in [-0.2, 0) is 16.1 Å². The smallest absolute Gasteiger partial charge is 0.263 e. The van der Waals surface area contributed by atoms with Crippen LogP contribution in [0, 0.1) is 12.8 Å². The van der Waals surface area contributed by atoms with E-state index in [-0.39, 0.29) is 29.8 Å². The molecule has 4 rings (SSSR count). The number of aromatic nitrogens is 2. The van der Waals surface area contributed by atoms with Crippen LogP contribution >= 0.6 is 11.3 Å². The Bertz CT molecular complexity index is 1140. The van der Waals surface area contributed by atoms with E-state index >= 15 is 0 Å². The quantitative estimate of drug-likeness (QED) is 0.712. The molecule has 8 heteroatoms. The van der Waals surface area contributed by atoms with Gasteiger partial charge in [0.15, 0.2) is 0 Å². The molecule has 1 aliphatic heterocycles. The van der Waals surface area contributed by atoms with Crippen LogP contribution in [0.2, 0.25) is 0 Å². The molecule has 3 heterocycles. The number of carbonyl (C=O) groups is 2. The Balaban J connectivity index is 1.67. The number of piperidine rings is 1. The molecule has 7 nitrogen and oxygen atoms in total. The molecule has 1 aliphatic rings. The summed E-state index contributed by atoms with van der Waals surface area (Å²) in [5.41, 5.74) is 7.00. The molecule has 2 aromatic heterocycles. The maximum atomic E-state index is 13.2. The predicted octanol–water partition coefficient (Wildman–Crippen LogP) is 2.16. The van der Waals surface area contributed by atoms with Crippen LogP contribution in [0.1, 0.15) is 17.7 Å². The highest BCUT2D eigenvalue weighted by molar-refractivity contribution is 7.19. The summed E-state index contributed by atoms with van der Waals surface area (Å²) >= 11 is 1.48. The Morgan fingerprint density at radius 2 is 2.03 bits per heavy atom. The maximum Gasteiger partial charge on any atom is 0.263 e. The van der Waals surface area contributed by atoms with Crippen molar-refractivity contribution < 1.29 is 9.59 Å². The van der Waals surface area contributed by atoms with Crippen molar-refractivity contribution in [1.82, 2.24) is 14.5 Å². The summed E-state index contributed by atoms with van der Waals surface area (Å²) in [6, 6.07) is 9.73. The van der Waals surface area contributed by atoms with Gasteiger partial charge in [0, 0.05) is 23.5 Å². The second-order valence-electron chi connectivity index (χ2n) is 7.34. The molecule has 0 spiro atoms. The maximum absolute atomic E-state index is 13.2. The highest BCUT2D eigenvalue weighted by atomic mass is 32.1. The normalized spacial score (nSPS) is 16.9. The summed E-state index contributed by atoms with van der Waals surface area (Å²) in [7, 11) is 0. The summed E-state index contributed by atoms with van der Waals surface area (Å²) in [5.74, 6) is -0.911. The van der Waals surface area contributed by atoms with Crippen molar-refractivity contribution in [1.29, 1.82) is 0 Å². The van der Waals surface area contributed by atoms with E-state index in [1.807, 2.05) is 37.3 Å². The molecule has 1 atom stereocenters. The van der Waals surface area contributed by atoms with Crippen LogP contribution in [-0.4, -0.2) is 39.4 Å². The fraction of sp³-hybridized carbons (Fsp3) is 0.333. The van der Waals surface area contributed by atoms with Crippen LogP contribution in [0.25, 0.3) is 21.3 Å². The molecule has 0 aliphatic carbocycles. The van der Waals surface area contributed by atoms with E-state index in [9.17, 15) is 14.4 Å². The Morgan fingerprint density at radius 3 is 2.76 bits per heavy atom. The number of benzene rings is 1. The van der Waals surface area contributed by atoms with Crippen LogP contribution in [0.3, 0.4) is 0 Å². The molecule has 3 aromatic rings. The molecular formula is C21H22N4O3S. The fourth-order valence-electron chi connectivity index (χ4n) is 3.88. The number of nitrogens with two attached hydrogens (primary N) is 1. The lowest BCUT2D eigenvalue weighted by atomic mass is 9.97. The van der Waals surface area contributed by atoms with Crippen LogP contribution < -0.4 is 11.3 Å². The van der Waals surface area contributed by atoms with Gasteiger partial charge in [0.05, 0.1) is 17.6 Å². The molecule has 1 fully saturated rings. The summed E-state index contributed by atoms with van der Waals surface area (Å²) in [6.45, 7) is 2.75. The van der Waals surface area contributed by atoms with Crippen molar-refractivity contribution in [3.8, 4) is 11.1 Å². The van der Waals surface area contributed by atoms with Gasteiger partial charge in [-0.25, -0.2) is 4.98 Å². The van der Waals surface area contributed by atoms with Gasteiger partial charge in [-0.15, -0.1) is 11.3 Å². The molecule has 0 radical (unpaired) electrons. The molecule has 2 amide bonds. The highest BCUT2D eigenvalue weighted by Crippen LogP contribution is 2.35. The van der Waals surface area contributed by atoms with Gasteiger partial charge in [-0.1, -0.05) is 30.3 Å². The number of fused-ring (bicyclic) bond motifs is 1. The molecule has 1 saturated heterocycles. The largest absolute Gasteiger partial charge is 0.369 e. The Kier molecular flexibility index (Phi) is 5.19.